The molecular weight excluding hydrogens is 544 g/mol. The van der Waals surface area contributed by atoms with Gasteiger partial charge in [0.15, 0.2) is 5.82 Å². The van der Waals surface area contributed by atoms with Gasteiger partial charge in [0.1, 0.15) is 17.6 Å². The Morgan fingerprint density at radius 2 is 1.83 bits per heavy atom. The first-order chi connectivity index (χ1) is 19.5. The third-order valence-electron chi connectivity index (χ3n) is 7.05. The molecule has 3 aromatic rings. The van der Waals surface area contributed by atoms with Gasteiger partial charge in [-0.2, -0.15) is 0 Å². The van der Waals surface area contributed by atoms with Crippen molar-refractivity contribution in [2.24, 2.45) is 4.99 Å². The molecule has 218 valence electrons. The van der Waals surface area contributed by atoms with Gasteiger partial charge in [-0.3, -0.25) is 14.4 Å². The van der Waals surface area contributed by atoms with Crippen molar-refractivity contribution in [1.29, 1.82) is 0 Å². The van der Waals surface area contributed by atoms with Crippen molar-refractivity contribution in [3.8, 4) is 11.4 Å². The minimum atomic E-state index is -0.920. The van der Waals surface area contributed by atoms with E-state index in [-0.39, 0.29) is 12.3 Å². The van der Waals surface area contributed by atoms with Crippen molar-refractivity contribution in [2.75, 3.05) is 20.2 Å². The molecule has 0 spiro atoms. The number of nitrogens with zero attached hydrogens (tertiary/aromatic N) is 5. The van der Waals surface area contributed by atoms with Crippen molar-refractivity contribution in [1.82, 2.24) is 25.0 Å². The number of halogens is 1. The molecule has 2 amide bonds. The molecule has 1 atom stereocenters. The van der Waals surface area contributed by atoms with E-state index in [1.54, 1.807) is 7.11 Å². The summed E-state index contributed by atoms with van der Waals surface area (Å²) < 4.78 is 7.46. The number of fused-ring (bicyclic) bond motifs is 3. The summed E-state index contributed by atoms with van der Waals surface area (Å²) in [6, 6.07) is 12.6. The molecule has 1 aliphatic heterocycles. The number of amides is 2. The Kier molecular flexibility index (Phi) is 9.32. The van der Waals surface area contributed by atoms with Crippen LogP contribution in [0, 0.1) is 6.92 Å². The van der Waals surface area contributed by atoms with Gasteiger partial charge in [-0.25, -0.2) is 4.79 Å². The molecule has 1 aliphatic rings. The van der Waals surface area contributed by atoms with Crippen LogP contribution in [-0.4, -0.2) is 68.2 Å². The van der Waals surface area contributed by atoms with E-state index in [9.17, 15) is 14.7 Å². The lowest BCUT2D eigenvalue weighted by atomic mass is 10.00. The van der Waals surface area contributed by atoms with Gasteiger partial charge in [0.2, 0.25) is 5.91 Å². The number of aliphatic imine (C=N–C) groups is 1. The highest BCUT2D eigenvalue weighted by Crippen LogP contribution is 2.34. The van der Waals surface area contributed by atoms with Crippen LogP contribution in [0.1, 0.15) is 75.3 Å². The lowest BCUT2D eigenvalue weighted by Gasteiger charge is -2.33. The molecule has 41 heavy (non-hydrogen) atoms. The first-order valence-corrected chi connectivity index (χ1v) is 14.1. The summed E-state index contributed by atoms with van der Waals surface area (Å²) in [5.41, 5.74) is 2.81. The van der Waals surface area contributed by atoms with E-state index in [0.717, 1.165) is 36.1 Å². The fourth-order valence-electron chi connectivity index (χ4n) is 4.94. The molecule has 0 aliphatic carbocycles. The van der Waals surface area contributed by atoms with E-state index in [0.29, 0.717) is 41.2 Å². The van der Waals surface area contributed by atoms with E-state index < -0.39 is 17.7 Å². The van der Waals surface area contributed by atoms with Crippen LogP contribution in [0.4, 0.5) is 4.79 Å². The fraction of sp³-hybridized carbons (Fsp3) is 0.433. The van der Waals surface area contributed by atoms with Crippen LogP contribution in [0.15, 0.2) is 47.5 Å². The molecule has 4 rings (SSSR count). The first-order valence-electron chi connectivity index (χ1n) is 13.7. The number of hydrogen-bond acceptors (Lipinski definition) is 6. The minimum Gasteiger partial charge on any atom is -0.497 e. The summed E-state index contributed by atoms with van der Waals surface area (Å²) in [5, 5.41) is 21.8. The quantitative estimate of drug-likeness (QED) is 0.302. The number of aromatic nitrogens is 3. The summed E-state index contributed by atoms with van der Waals surface area (Å²) in [4.78, 5) is 31.1. The van der Waals surface area contributed by atoms with Crippen molar-refractivity contribution < 1.29 is 19.4 Å². The van der Waals surface area contributed by atoms with Gasteiger partial charge in [-0.05, 0) is 77.3 Å². The third-order valence-corrected chi connectivity index (χ3v) is 7.30. The van der Waals surface area contributed by atoms with Crippen LogP contribution in [0.2, 0.25) is 5.02 Å². The molecule has 0 saturated heterocycles. The Morgan fingerprint density at radius 1 is 1.10 bits per heavy atom. The van der Waals surface area contributed by atoms with Crippen molar-refractivity contribution in [2.45, 2.75) is 65.0 Å². The lowest BCUT2D eigenvalue weighted by molar-refractivity contribution is -0.121. The van der Waals surface area contributed by atoms with E-state index in [2.05, 4.69) is 15.5 Å². The third kappa shape index (κ3) is 7.05. The lowest BCUT2D eigenvalue weighted by Crippen LogP contribution is -2.45. The van der Waals surface area contributed by atoms with Gasteiger partial charge in [0.25, 0.3) is 0 Å². The van der Waals surface area contributed by atoms with Crippen LogP contribution in [0.3, 0.4) is 0 Å². The van der Waals surface area contributed by atoms with E-state index in [1.807, 2.05) is 74.7 Å². The van der Waals surface area contributed by atoms with Crippen molar-refractivity contribution in [3.63, 3.8) is 0 Å². The number of benzene rings is 2. The van der Waals surface area contributed by atoms with E-state index in [1.165, 1.54) is 4.90 Å². The highest BCUT2D eigenvalue weighted by Gasteiger charge is 2.30. The monoisotopic (exact) mass is 580 g/mol. The second kappa shape index (κ2) is 12.7. The van der Waals surface area contributed by atoms with Crippen LogP contribution in [0.25, 0.3) is 5.69 Å². The predicted octanol–water partition coefficient (Wildman–Crippen LogP) is 5.58. The van der Waals surface area contributed by atoms with Gasteiger partial charge in [-0.15, -0.1) is 10.2 Å². The van der Waals surface area contributed by atoms with E-state index in [4.69, 9.17) is 21.3 Å². The van der Waals surface area contributed by atoms with Gasteiger partial charge in [0.05, 0.1) is 24.9 Å². The number of carbonyl (C=O) groups excluding carboxylic acids is 1. The Bertz CT molecular complexity index is 1430. The highest BCUT2D eigenvalue weighted by atomic mass is 35.5. The largest absolute Gasteiger partial charge is 0.497 e. The number of hydrogen-bond donors (Lipinski definition) is 2. The predicted molar refractivity (Wildman–Crippen MR) is 158 cm³/mol. The second-order valence-corrected chi connectivity index (χ2v) is 11.5. The second-order valence-electron chi connectivity index (χ2n) is 11.0. The Hall–Kier alpha value is -3.92. The van der Waals surface area contributed by atoms with Crippen LogP contribution in [-0.2, 0) is 4.79 Å². The summed E-state index contributed by atoms with van der Waals surface area (Å²) in [6.45, 7) is 8.47. The zero-order chi connectivity index (χ0) is 29.7. The number of carboxylic acid groups (broad SMARTS) is 1. The number of methoxy groups -OCH3 is 1. The standard InChI is InChI=1S/C30H37ClN6O4/c1-19-34-35-28-24(18-26(38)32-15-7-6-8-16-36(29(39)40)30(2,3)4)33-27(20-9-11-21(31)12-10-20)23-17-22(41-5)13-14-25(23)37(19)28/h9-14,17,24H,6-8,15-16,18H2,1-5H3,(H,32,38)(H,39,40)/t24-/m0/s1. The molecule has 0 radical (unpaired) electrons. The molecular formula is C30H37ClN6O4. The maximum Gasteiger partial charge on any atom is 0.407 e. The van der Waals surface area contributed by atoms with Gasteiger partial charge < -0.3 is 20.1 Å². The SMILES string of the molecule is COc1ccc2c(c1)C(c1ccc(Cl)cc1)=N[C@@H](CC(=O)NCCCCCN(C(=O)O)C(C)(C)C)c1nnc(C)n1-2. The van der Waals surface area contributed by atoms with E-state index >= 15 is 0 Å². The number of ether oxygens (including phenoxy) is 1. The highest BCUT2D eigenvalue weighted by molar-refractivity contribution is 6.30. The zero-order valence-corrected chi connectivity index (χ0v) is 24.9. The summed E-state index contributed by atoms with van der Waals surface area (Å²) >= 11 is 6.17. The molecule has 2 N–H and O–H groups in total. The average Bonchev–Trinajstić information content (AvgIpc) is 3.24. The first kappa shape index (κ1) is 30.0. The number of aryl methyl sites for hydroxylation is 1. The normalized spacial score (nSPS) is 14.4. The number of rotatable bonds is 10. The molecule has 0 bridgehead atoms. The molecule has 0 unspecified atom stereocenters. The minimum absolute atomic E-state index is 0.0944. The topological polar surface area (TPSA) is 122 Å². The molecule has 11 heteroatoms. The molecule has 2 heterocycles. The maximum absolute atomic E-state index is 13.1. The van der Waals surface area contributed by atoms with Crippen LogP contribution < -0.4 is 10.1 Å². The molecule has 0 saturated carbocycles. The molecule has 0 fully saturated rings. The number of unbranched alkanes of at least 4 members (excludes halogenated alkanes) is 2. The van der Waals surface area contributed by atoms with Crippen molar-refractivity contribution in [3.05, 3.63) is 70.3 Å². The van der Waals surface area contributed by atoms with Crippen LogP contribution in [0.5, 0.6) is 5.75 Å². The van der Waals surface area contributed by atoms with Gasteiger partial charge in [0, 0.05) is 34.8 Å². The van der Waals surface area contributed by atoms with Gasteiger partial charge in [-0.1, -0.05) is 23.7 Å². The molecule has 10 nitrogen and oxygen atoms in total. The number of carbonyl (C=O) groups is 2. The molecule has 1 aromatic heterocycles. The smallest absolute Gasteiger partial charge is 0.407 e. The zero-order valence-electron chi connectivity index (χ0n) is 24.1. The Labute approximate surface area is 245 Å². The van der Waals surface area contributed by atoms with Crippen LogP contribution >= 0.6 is 11.6 Å². The average molecular weight is 581 g/mol. The van der Waals surface area contributed by atoms with Gasteiger partial charge >= 0.3 is 6.09 Å². The Balaban J connectivity index is 1.51. The summed E-state index contributed by atoms with van der Waals surface area (Å²) in [7, 11) is 1.62. The summed E-state index contributed by atoms with van der Waals surface area (Å²) in [5.74, 6) is 1.81. The molecule has 2 aromatic carbocycles. The Morgan fingerprint density at radius 3 is 2.49 bits per heavy atom. The fourth-order valence-corrected chi connectivity index (χ4v) is 5.07. The maximum atomic E-state index is 13.1. The van der Waals surface area contributed by atoms with Crippen molar-refractivity contribution >= 4 is 29.3 Å². The summed E-state index contributed by atoms with van der Waals surface area (Å²) in [6.07, 6.45) is 1.44. The number of nitrogens with one attached hydrogen (secondary N) is 1.